The third-order valence-corrected chi connectivity index (χ3v) is 4.16. The molecule has 0 radical (unpaired) electrons. The Balaban J connectivity index is 2.60. The van der Waals surface area contributed by atoms with Crippen molar-refractivity contribution in [1.82, 2.24) is 0 Å². The number of rotatable bonds is 3. The molecule has 0 aromatic heterocycles. The molecule has 0 saturated heterocycles. The summed E-state index contributed by atoms with van der Waals surface area (Å²) in [7, 11) is -1.33. The topological polar surface area (TPSA) is 99.1 Å². The van der Waals surface area contributed by atoms with Crippen LogP contribution in [0.3, 0.4) is 0 Å². The molecule has 1 aromatic carbocycles. The highest BCUT2D eigenvalue weighted by Gasteiger charge is 2.36. The molecule has 0 bridgehead atoms. The van der Waals surface area contributed by atoms with Gasteiger partial charge in [-0.25, -0.2) is 4.79 Å². The smallest absolute Gasteiger partial charge is 0.334 e. The summed E-state index contributed by atoms with van der Waals surface area (Å²) in [6.45, 7) is 0. The monoisotopic (exact) mass is 288 g/mol. The molecule has 7 nitrogen and oxygen atoms in total. The normalized spacial score (nSPS) is 20.4. The van der Waals surface area contributed by atoms with Crippen LogP contribution in [0.5, 0.6) is 11.5 Å². The first-order chi connectivity index (χ1) is 8.89. The van der Waals surface area contributed by atoms with Crippen molar-refractivity contribution in [3.63, 3.8) is 0 Å². The number of hydrogen-bond acceptors (Lipinski definition) is 6. The summed E-state index contributed by atoms with van der Waals surface area (Å²) in [6.07, 6.45) is -1.47. The molecule has 8 heteroatoms. The van der Waals surface area contributed by atoms with Gasteiger partial charge in [-0.2, -0.15) is 8.42 Å². The quantitative estimate of drug-likeness (QED) is 0.804. The molecule has 2 rings (SSSR count). The van der Waals surface area contributed by atoms with Crippen molar-refractivity contribution >= 4 is 16.1 Å². The maximum Gasteiger partial charge on any atom is 0.334 e. The summed E-state index contributed by atoms with van der Waals surface area (Å²) in [4.78, 5) is 10.8. The van der Waals surface area contributed by atoms with E-state index in [0.717, 1.165) is 0 Å². The van der Waals surface area contributed by atoms with Crippen molar-refractivity contribution < 1.29 is 32.0 Å². The van der Waals surface area contributed by atoms with Crippen molar-refractivity contribution in [2.45, 2.75) is 17.4 Å². The van der Waals surface area contributed by atoms with Crippen LogP contribution >= 0.6 is 0 Å². The molecule has 0 aliphatic carbocycles. The second-order valence-corrected chi connectivity index (χ2v) is 5.44. The van der Waals surface area contributed by atoms with Crippen molar-refractivity contribution in [2.24, 2.45) is 0 Å². The number of aliphatic carboxylic acids is 1. The minimum absolute atomic E-state index is 0.0513. The molecule has 1 atom stereocenters. The Kier molecular flexibility index (Phi) is 3.38. The molecule has 1 N–H and O–H groups in total. The van der Waals surface area contributed by atoms with Crippen molar-refractivity contribution in [3.8, 4) is 11.5 Å². The Hall–Kier alpha value is -1.80. The molecule has 0 fully saturated rings. The first-order valence-corrected chi connectivity index (χ1v) is 6.71. The largest absolute Gasteiger partial charge is 0.493 e. The van der Waals surface area contributed by atoms with Crippen LogP contribution in [0.1, 0.15) is 5.56 Å². The van der Waals surface area contributed by atoms with Crippen LogP contribution in [0.4, 0.5) is 0 Å². The highest BCUT2D eigenvalue weighted by Crippen LogP contribution is 2.36. The zero-order valence-electron chi connectivity index (χ0n) is 10.2. The van der Waals surface area contributed by atoms with Crippen molar-refractivity contribution in [2.75, 3.05) is 14.2 Å². The van der Waals surface area contributed by atoms with E-state index >= 15 is 0 Å². The second-order valence-electron chi connectivity index (χ2n) is 3.90. The van der Waals surface area contributed by atoms with E-state index in [1.165, 1.54) is 26.4 Å². The number of carbonyl (C=O) groups is 1. The maximum absolute atomic E-state index is 11.9. The molecule has 1 unspecified atom stereocenters. The fourth-order valence-electron chi connectivity index (χ4n) is 1.86. The maximum atomic E-state index is 11.9. The van der Waals surface area contributed by atoms with Gasteiger partial charge >= 0.3 is 5.97 Å². The summed E-state index contributed by atoms with van der Waals surface area (Å²) < 4.78 is 38.4. The van der Waals surface area contributed by atoms with Gasteiger partial charge in [-0.1, -0.05) is 0 Å². The average Bonchev–Trinajstić information content (AvgIpc) is 2.36. The number of hydrogen-bond donors (Lipinski definition) is 1. The average molecular weight is 288 g/mol. The van der Waals surface area contributed by atoms with Gasteiger partial charge in [-0.15, -0.1) is 0 Å². The molecular formula is C11H12O7S. The fraction of sp³-hybridized carbons (Fsp3) is 0.364. The van der Waals surface area contributed by atoms with Crippen LogP contribution in [0.15, 0.2) is 17.0 Å². The summed E-state index contributed by atoms with van der Waals surface area (Å²) in [5.41, 5.74) is 0.330. The lowest BCUT2D eigenvalue weighted by atomic mass is 10.1. The summed E-state index contributed by atoms with van der Waals surface area (Å²) in [5.74, 6) is -0.756. The fourth-order valence-corrected chi connectivity index (χ4v) is 3.14. The lowest BCUT2D eigenvalue weighted by Gasteiger charge is -2.23. The van der Waals surface area contributed by atoms with Gasteiger partial charge < -0.3 is 14.6 Å². The highest BCUT2D eigenvalue weighted by molar-refractivity contribution is 7.87. The van der Waals surface area contributed by atoms with Gasteiger partial charge in [0.1, 0.15) is 4.90 Å². The molecule has 0 saturated carbocycles. The zero-order valence-corrected chi connectivity index (χ0v) is 11.1. The first kappa shape index (κ1) is 13.6. The molecule has 0 spiro atoms. The van der Waals surface area contributed by atoms with E-state index in [-0.39, 0.29) is 17.1 Å². The van der Waals surface area contributed by atoms with Gasteiger partial charge in [0.15, 0.2) is 17.6 Å². The molecule has 104 valence electrons. The predicted octanol–water partition coefficient (Wildman–Crippen LogP) is 0.418. The van der Waals surface area contributed by atoms with E-state index in [1.54, 1.807) is 0 Å². The van der Waals surface area contributed by atoms with Gasteiger partial charge in [0.25, 0.3) is 10.1 Å². The minimum atomic E-state index is -4.11. The Morgan fingerprint density at radius 1 is 1.32 bits per heavy atom. The number of ether oxygens (including phenoxy) is 2. The van der Waals surface area contributed by atoms with E-state index in [0.29, 0.717) is 11.3 Å². The first-order valence-electron chi connectivity index (χ1n) is 5.30. The van der Waals surface area contributed by atoms with E-state index < -0.39 is 22.2 Å². The van der Waals surface area contributed by atoms with Gasteiger partial charge in [0, 0.05) is 12.5 Å². The Morgan fingerprint density at radius 2 is 1.89 bits per heavy atom. The third kappa shape index (κ3) is 2.36. The number of carboxylic acids is 1. The van der Waals surface area contributed by atoms with Gasteiger partial charge in [-0.3, -0.25) is 4.18 Å². The lowest BCUT2D eigenvalue weighted by Crippen LogP contribution is -2.34. The summed E-state index contributed by atoms with van der Waals surface area (Å²) in [6, 6.07) is 2.71. The van der Waals surface area contributed by atoms with Crippen LogP contribution in [-0.2, 0) is 25.5 Å². The molecule has 1 aliphatic rings. The van der Waals surface area contributed by atoms with Crippen LogP contribution in [0.2, 0.25) is 0 Å². The Labute approximate surface area is 109 Å². The van der Waals surface area contributed by atoms with E-state index in [2.05, 4.69) is 4.18 Å². The minimum Gasteiger partial charge on any atom is -0.493 e. The molecular weight excluding hydrogens is 276 g/mol. The SMILES string of the molecule is COc1cc2c(cc1OC)S(=O)(=O)OC(C(=O)O)C2. The lowest BCUT2D eigenvalue weighted by molar-refractivity contribution is -0.145. The standard InChI is InChI=1S/C11H12O7S/c1-16-7-3-6-4-9(11(12)13)18-19(14,15)10(6)5-8(7)17-2/h3,5,9H,4H2,1-2H3,(H,12,13). The zero-order chi connectivity index (χ0) is 14.2. The van der Waals surface area contributed by atoms with E-state index in [9.17, 15) is 13.2 Å². The molecule has 19 heavy (non-hydrogen) atoms. The Bertz CT molecular complexity index is 620. The molecule has 1 aliphatic heterocycles. The number of carboxylic acid groups (broad SMARTS) is 1. The number of methoxy groups -OCH3 is 2. The van der Waals surface area contributed by atoms with Gasteiger partial charge in [0.2, 0.25) is 0 Å². The highest BCUT2D eigenvalue weighted by atomic mass is 32.2. The van der Waals surface area contributed by atoms with Crippen molar-refractivity contribution in [3.05, 3.63) is 17.7 Å². The van der Waals surface area contributed by atoms with E-state index in [4.69, 9.17) is 14.6 Å². The van der Waals surface area contributed by atoms with Crippen LogP contribution in [0, 0.1) is 0 Å². The summed E-state index contributed by atoms with van der Waals surface area (Å²) >= 11 is 0. The number of benzene rings is 1. The molecule has 1 heterocycles. The van der Waals surface area contributed by atoms with Crippen molar-refractivity contribution in [1.29, 1.82) is 0 Å². The van der Waals surface area contributed by atoms with Gasteiger partial charge in [0.05, 0.1) is 14.2 Å². The predicted molar refractivity (Wildman–Crippen MR) is 62.9 cm³/mol. The molecule has 0 amide bonds. The van der Waals surface area contributed by atoms with Gasteiger partial charge in [-0.05, 0) is 11.6 Å². The van der Waals surface area contributed by atoms with Crippen LogP contribution < -0.4 is 9.47 Å². The third-order valence-electron chi connectivity index (χ3n) is 2.76. The summed E-state index contributed by atoms with van der Waals surface area (Å²) in [5, 5.41) is 8.88. The molecule has 1 aromatic rings. The van der Waals surface area contributed by atoms with E-state index in [1.807, 2.05) is 0 Å². The number of fused-ring (bicyclic) bond motifs is 1. The second kappa shape index (κ2) is 4.71. The Morgan fingerprint density at radius 3 is 2.42 bits per heavy atom. The van der Waals surface area contributed by atoms with Crippen LogP contribution in [0.25, 0.3) is 0 Å². The van der Waals surface area contributed by atoms with Crippen LogP contribution in [-0.4, -0.2) is 39.8 Å².